The molecule has 0 atom stereocenters. The van der Waals surface area contributed by atoms with Crippen molar-refractivity contribution in [3.8, 4) is 0 Å². The maximum atomic E-state index is 11.9. The number of urea groups is 1. The fraction of sp³-hybridized carbons (Fsp3) is 0.417. The molecule has 3 amide bonds. The summed E-state index contributed by atoms with van der Waals surface area (Å²) in [5.74, 6) is -0.933. The van der Waals surface area contributed by atoms with Gasteiger partial charge < -0.3 is 15.0 Å². The Morgan fingerprint density at radius 2 is 2.23 bits per heavy atom. The summed E-state index contributed by atoms with van der Waals surface area (Å²) in [6.07, 6.45) is -0.129. The molecule has 22 heavy (non-hydrogen) atoms. The summed E-state index contributed by atoms with van der Waals surface area (Å²) >= 11 is 0.990. The summed E-state index contributed by atoms with van der Waals surface area (Å²) < 4.78 is 4.51. The molecule has 0 aromatic carbocycles. The predicted molar refractivity (Wildman–Crippen MR) is 76.4 cm³/mol. The molecule has 1 fully saturated rings. The highest BCUT2D eigenvalue weighted by atomic mass is 32.2. The first kappa shape index (κ1) is 16.0. The van der Waals surface area contributed by atoms with Gasteiger partial charge in [-0.1, -0.05) is 11.8 Å². The van der Waals surface area contributed by atoms with E-state index in [0.717, 1.165) is 16.7 Å². The van der Waals surface area contributed by atoms with Crippen LogP contribution in [0.4, 0.5) is 4.79 Å². The average Bonchev–Trinajstić information content (AvgIpc) is 2.90. The number of carbonyl (C=O) groups excluding carboxylic acids is 3. The number of carbonyl (C=O) groups is 3. The number of imide groups is 1. The molecule has 2 rings (SSSR count). The Morgan fingerprint density at radius 3 is 2.86 bits per heavy atom. The lowest BCUT2D eigenvalue weighted by molar-refractivity contribution is -0.139. The van der Waals surface area contributed by atoms with Gasteiger partial charge in [0.25, 0.3) is 5.56 Å². The standard InChI is InChI=1S/C12H14N4O5S/c1-21-10(19)5-7-4-8(17)15-11(14-7)22-6-9(18)16-3-2-13-12(16)20/h4H,2-3,5-6H2,1H3,(H,13,20)(H,14,15,17). The van der Waals surface area contributed by atoms with Crippen molar-refractivity contribution in [2.75, 3.05) is 26.0 Å². The number of aromatic amines is 1. The highest BCUT2D eigenvalue weighted by Crippen LogP contribution is 2.13. The van der Waals surface area contributed by atoms with Crippen LogP contribution in [0.3, 0.4) is 0 Å². The molecule has 9 nitrogen and oxygen atoms in total. The second-order valence-corrected chi connectivity index (χ2v) is 5.32. The van der Waals surface area contributed by atoms with Crippen LogP contribution in [0, 0.1) is 0 Å². The van der Waals surface area contributed by atoms with E-state index < -0.39 is 17.6 Å². The van der Waals surface area contributed by atoms with Gasteiger partial charge in [0.05, 0.1) is 25.0 Å². The Bertz CT molecular complexity index is 659. The first-order valence-corrected chi connectivity index (χ1v) is 7.36. The second kappa shape index (κ2) is 7.07. The summed E-state index contributed by atoms with van der Waals surface area (Å²) in [6, 6.07) is 0.767. The number of hydrogen-bond donors (Lipinski definition) is 2. The Labute approximate surface area is 129 Å². The number of ether oxygens (including phenoxy) is 1. The number of esters is 1. The molecule has 0 spiro atoms. The number of rotatable bonds is 5. The largest absolute Gasteiger partial charge is 0.469 e. The maximum Gasteiger partial charge on any atom is 0.324 e. The number of hydrogen-bond acceptors (Lipinski definition) is 7. The van der Waals surface area contributed by atoms with Crippen molar-refractivity contribution >= 4 is 29.7 Å². The van der Waals surface area contributed by atoms with Gasteiger partial charge in [0, 0.05) is 19.2 Å². The Morgan fingerprint density at radius 1 is 1.45 bits per heavy atom. The van der Waals surface area contributed by atoms with E-state index in [9.17, 15) is 19.2 Å². The van der Waals surface area contributed by atoms with Gasteiger partial charge >= 0.3 is 12.0 Å². The zero-order valence-electron chi connectivity index (χ0n) is 11.7. The van der Waals surface area contributed by atoms with Gasteiger partial charge in [-0.25, -0.2) is 9.78 Å². The lowest BCUT2D eigenvalue weighted by Crippen LogP contribution is -2.35. The van der Waals surface area contributed by atoms with Gasteiger partial charge in [0.2, 0.25) is 5.91 Å². The molecule has 1 aromatic heterocycles. The van der Waals surface area contributed by atoms with Gasteiger partial charge in [-0.2, -0.15) is 0 Å². The van der Waals surface area contributed by atoms with Crippen LogP contribution >= 0.6 is 11.8 Å². The first-order valence-electron chi connectivity index (χ1n) is 6.37. The van der Waals surface area contributed by atoms with Crippen molar-refractivity contribution in [3.63, 3.8) is 0 Å². The fourth-order valence-electron chi connectivity index (χ4n) is 1.78. The van der Waals surface area contributed by atoms with Gasteiger partial charge in [-0.15, -0.1) is 0 Å². The van der Waals surface area contributed by atoms with E-state index in [4.69, 9.17) is 0 Å². The molecular weight excluding hydrogens is 312 g/mol. The van der Waals surface area contributed by atoms with Gasteiger partial charge in [0.1, 0.15) is 0 Å². The van der Waals surface area contributed by atoms with Crippen LogP contribution in [0.5, 0.6) is 0 Å². The molecule has 0 aliphatic carbocycles. The number of amides is 3. The summed E-state index contributed by atoms with van der Waals surface area (Å²) in [6.45, 7) is 0.753. The van der Waals surface area contributed by atoms with Crippen molar-refractivity contribution in [2.24, 2.45) is 0 Å². The first-order chi connectivity index (χ1) is 10.5. The average molecular weight is 326 g/mol. The molecule has 0 bridgehead atoms. The quantitative estimate of drug-likeness (QED) is 0.410. The van der Waals surface area contributed by atoms with Crippen LogP contribution in [0.15, 0.2) is 16.0 Å². The van der Waals surface area contributed by atoms with Gasteiger partial charge in [0.15, 0.2) is 5.16 Å². The lowest BCUT2D eigenvalue weighted by atomic mass is 10.3. The lowest BCUT2D eigenvalue weighted by Gasteiger charge is -2.11. The van der Waals surface area contributed by atoms with Crippen molar-refractivity contribution < 1.29 is 19.1 Å². The van der Waals surface area contributed by atoms with Crippen molar-refractivity contribution in [1.29, 1.82) is 0 Å². The second-order valence-electron chi connectivity index (χ2n) is 4.36. The monoisotopic (exact) mass is 326 g/mol. The molecule has 1 aliphatic heterocycles. The number of nitrogens with one attached hydrogen (secondary N) is 2. The molecule has 1 aliphatic rings. The minimum Gasteiger partial charge on any atom is -0.469 e. The van der Waals surface area contributed by atoms with Crippen LogP contribution in [0.25, 0.3) is 0 Å². The van der Waals surface area contributed by atoms with E-state index in [1.54, 1.807) is 0 Å². The molecule has 10 heteroatoms. The molecule has 0 unspecified atom stereocenters. The van der Waals surface area contributed by atoms with E-state index >= 15 is 0 Å². The van der Waals surface area contributed by atoms with Gasteiger partial charge in [-0.3, -0.25) is 19.3 Å². The Balaban J connectivity index is 2.00. The van der Waals surface area contributed by atoms with E-state index in [1.165, 1.54) is 13.2 Å². The minimum absolute atomic E-state index is 0.0436. The molecule has 118 valence electrons. The maximum absolute atomic E-state index is 11.9. The highest BCUT2D eigenvalue weighted by Gasteiger charge is 2.26. The predicted octanol–water partition coefficient (Wildman–Crippen LogP) is -0.871. The van der Waals surface area contributed by atoms with Crippen molar-refractivity contribution in [1.82, 2.24) is 20.2 Å². The summed E-state index contributed by atoms with van der Waals surface area (Å²) in [4.78, 5) is 53.6. The highest BCUT2D eigenvalue weighted by molar-refractivity contribution is 7.99. The number of thioether (sulfide) groups is 1. The zero-order chi connectivity index (χ0) is 16.1. The molecule has 0 saturated carbocycles. The summed E-state index contributed by atoms with van der Waals surface area (Å²) in [7, 11) is 1.24. The molecule has 1 aromatic rings. The third kappa shape index (κ3) is 4.07. The smallest absolute Gasteiger partial charge is 0.324 e. The zero-order valence-corrected chi connectivity index (χ0v) is 12.6. The van der Waals surface area contributed by atoms with Crippen LogP contribution in [0.2, 0.25) is 0 Å². The number of aromatic nitrogens is 2. The normalized spacial score (nSPS) is 13.9. The minimum atomic E-state index is -0.515. The number of methoxy groups -OCH3 is 1. The van der Waals surface area contributed by atoms with Crippen molar-refractivity contribution in [3.05, 3.63) is 22.1 Å². The molecular formula is C12H14N4O5S. The molecule has 2 N–H and O–H groups in total. The number of nitrogens with zero attached hydrogens (tertiary/aromatic N) is 2. The third-order valence-electron chi connectivity index (χ3n) is 2.82. The van der Waals surface area contributed by atoms with Crippen LogP contribution < -0.4 is 10.9 Å². The van der Waals surface area contributed by atoms with Crippen LogP contribution in [0.1, 0.15) is 5.69 Å². The van der Waals surface area contributed by atoms with Gasteiger partial charge in [-0.05, 0) is 0 Å². The van der Waals surface area contributed by atoms with E-state index in [0.29, 0.717) is 13.1 Å². The van der Waals surface area contributed by atoms with Crippen LogP contribution in [-0.4, -0.2) is 58.7 Å². The van der Waals surface area contributed by atoms with E-state index in [1.807, 2.05) is 0 Å². The third-order valence-corrected chi connectivity index (χ3v) is 3.67. The number of H-pyrrole nitrogens is 1. The summed E-state index contributed by atoms with van der Waals surface area (Å²) in [5, 5.41) is 2.73. The fourth-order valence-corrected chi connectivity index (χ4v) is 2.55. The summed E-state index contributed by atoms with van der Waals surface area (Å²) in [5.41, 5.74) is -0.174. The SMILES string of the molecule is COC(=O)Cc1cc(=O)[nH]c(SCC(=O)N2CCNC2=O)n1. The van der Waals surface area contributed by atoms with Crippen LogP contribution in [-0.2, 0) is 20.7 Å². The van der Waals surface area contributed by atoms with E-state index in [-0.39, 0.29) is 28.9 Å². The van der Waals surface area contributed by atoms with Crippen molar-refractivity contribution in [2.45, 2.75) is 11.6 Å². The van der Waals surface area contributed by atoms with E-state index in [2.05, 4.69) is 20.0 Å². The topological polar surface area (TPSA) is 121 Å². The molecule has 2 heterocycles. The molecule has 1 saturated heterocycles. The Kier molecular flexibility index (Phi) is 5.15. The Hall–Kier alpha value is -2.36. The molecule has 0 radical (unpaired) electrons.